The fraction of sp³-hybridized carbons (Fsp3) is 0.200. The summed E-state index contributed by atoms with van der Waals surface area (Å²) in [6, 6.07) is 3.57. The van der Waals surface area contributed by atoms with Crippen LogP contribution < -0.4 is 11.1 Å². The average molecular weight is 248 g/mol. The molecule has 0 radical (unpaired) electrons. The molecule has 0 saturated heterocycles. The Morgan fingerprint density at radius 1 is 1.44 bits per heavy atom. The largest absolute Gasteiger partial charge is 0.409 e. The SMILES string of the molecule is N/C(=N/O)c1cc(CNCc2ncon2)ccn1. The van der Waals surface area contributed by atoms with Gasteiger partial charge in [0.1, 0.15) is 5.69 Å². The van der Waals surface area contributed by atoms with Crippen LogP contribution in [-0.4, -0.2) is 26.2 Å². The number of hydrogen-bond acceptors (Lipinski definition) is 7. The molecular weight excluding hydrogens is 236 g/mol. The Kier molecular flexibility index (Phi) is 3.82. The zero-order chi connectivity index (χ0) is 12.8. The molecule has 8 nitrogen and oxygen atoms in total. The second-order valence-corrected chi connectivity index (χ2v) is 3.49. The van der Waals surface area contributed by atoms with Crippen molar-refractivity contribution in [3.05, 3.63) is 41.8 Å². The van der Waals surface area contributed by atoms with Crippen LogP contribution in [0.4, 0.5) is 0 Å². The molecule has 0 amide bonds. The molecule has 0 fully saturated rings. The lowest BCUT2D eigenvalue weighted by molar-refractivity contribution is 0.318. The maximum absolute atomic E-state index is 8.56. The average Bonchev–Trinajstić information content (AvgIpc) is 2.91. The Labute approximate surface area is 103 Å². The van der Waals surface area contributed by atoms with Gasteiger partial charge in [-0.05, 0) is 17.7 Å². The lowest BCUT2D eigenvalue weighted by Gasteiger charge is -2.04. The lowest BCUT2D eigenvalue weighted by atomic mass is 10.2. The molecule has 18 heavy (non-hydrogen) atoms. The third kappa shape index (κ3) is 3.01. The monoisotopic (exact) mass is 248 g/mol. The number of rotatable bonds is 5. The predicted octanol–water partition coefficient (Wildman–Crippen LogP) is -0.151. The van der Waals surface area contributed by atoms with Crippen molar-refractivity contribution in [2.24, 2.45) is 10.9 Å². The van der Waals surface area contributed by atoms with Crippen molar-refractivity contribution in [1.82, 2.24) is 20.4 Å². The van der Waals surface area contributed by atoms with Crippen molar-refractivity contribution in [2.75, 3.05) is 0 Å². The van der Waals surface area contributed by atoms with E-state index >= 15 is 0 Å². The molecule has 0 aliphatic carbocycles. The van der Waals surface area contributed by atoms with E-state index in [0.717, 1.165) is 5.56 Å². The van der Waals surface area contributed by atoms with E-state index in [9.17, 15) is 0 Å². The normalized spacial score (nSPS) is 11.7. The Balaban J connectivity index is 1.93. The maximum Gasteiger partial charge on any atom is 0.213 e. The van der Waals surface area contributed by atoms with Gasteiger partial charge in [0.15, 0.2) is 11.7 Å². The molecule has 2 aromatic heterocycles. The molecule has 2 rings (SSSR count). The third-order valence-corrected chi connectivity index (χ3v) is 2.21. The Morgan fingerprint density at radius 2 is 2.33 bits per heavy atom. The number of aromatic nitrogens is 3. The topological polar surface area (TPSA) is 122 Å². The van der Waals surface area contributed by atoms with Gasteiger partial charge in [0.05, 0.1) is 6.54 Å². The van der Waals surface area contributed by atoms with Crippen molar-refractivity contribution < 1.29 is 9.73 Å². The van der Waals surface area contributed by atoms with Gasteiger partial charge in [-0.3, -0.25) is 4.98 Å². The molecule has 0 bridgehead atoms. The summed E-state index contributed by atoms with van der Waals surface area (Å²) in [6.07, 6.45) is 2.87. The van der Waals surface area contributed by atoms with Gasteiger partial charge in [-0.2, -0.15) is 4.98 Å². The van der Waals surface area contributed by atoms with E-state index in [4.69, 9.17) is 10.9 Å². The highest BCUT2D eigenvalue weighted by Gasteiger charge is 2.03. The third-order valence-electron chi connectivity index (χ3n) is 2.21. The van der Waals surface area contributed by atoms with Gasteiger partial charge in [-0.15, -0.1) is 0 Å². The fourth-order valence-corrected chi connectivity index (χ4v) is 1.36. The van der Waals surface area contributed by atoms with Crippen molar-refractivity contribution in [2.45, 2.75) is 13.1 Å². The number of amidine groups is 1. The van der Waals surface area contributed by atoms with E-state index in [2.05, 4.69) is 30.1 Å². The van der Waals surface area contributed by atoms with Crippen LogP contribution in [0, 0.1) is 0 Å². The summed E-state index contributed by atoms with van der Waals surface area (Å²) in [4.78, 5) is 7.87. The second-order valence-electron chi connectivity index (χ2n) is 3.49. The van der Waals surface area contributed by atoms with Gasteiger partial charge in [-0.1, -0.05) is 10.3 Å². The molecule has 0 aromatic carbocycles. The summed E-state index contributed by atoms with van der Waals surface area (Å²) < 4.78 is 4.61. The second kappa shape index (κ2) is 5.73. The zero-order valence-electron chi connectivity index (χ0n) is 9.45. The van der Waals surface area contributed by atoms with Gasteiger partial charge in [-0.25, -0.2) is 0 Å². The summed E-state index contributed by atoms with van der Waals surface area (Å²) in [5.74, 6) is 0.565. The fourth-order valence-electron chi connectivity index (χ4n) is 1.36. The molecular formula is C10H12N6O2. The summed E-state index contributed by atoms with van der Waals surface area (Å²) in [7, 11) is 0. The van der Waals surface area contributed by atoms with Gasteiger partial charge in [0, 0.05) is 12.7 Å². The molecule has 0 atom stereocenters. The smallest absolute Gasteiger partial charge is 0.213 e. The van der Waals surface area contributed by atoms with Crippen LogP contribution in [0.3, 0.4) is 0 Å². The van der Waals surface area contributed by atoms with Crippen LogP contribution in [0.2, 0.25) is 0 Å². The van der Waals surface area contributed by atoms with E-state index in [1.165, 1.54) is 6.39 Å². The standard InChI is InChI=1S/C10H12N6O2/c11-10(15-17)8-3-7(1-2-13-8)4-12-5-9-14-6-18-16-9/h1-3,6,12,17H,4-5H2,(H2,11,15). The first-order chi connectivity index (χ1) is 8.79. The Hall–Kier alpha value is -2.48. The first kappa shape index (κ1) is 12.0. The number of nitrogens with one attached hydrogen (secondary N) is 1. The number of oxime groups is 1. The minimum Gasteiger partial charge on any atom is -0.409 e. The van der Waals surface area contributed by atoms with Crippen molar-refractivity contribution in [1.29, 1.82) is 0 Å². The van der Waals surface area contributed by atoms with Crippen molar-refractivity contribution in [3.63, 3.8) is 0 Å². The summed E-state index contributed by atoms with van der Waals surface area (Å²) in [6.45, 7) is 1.08. The van der Waals surface area contributed by atoms with Gasteiger partial charge < -0.3 is 20.8 Å². The van der Waals surface area contributed by atoms with Gasteiger partial charge in [0.2, 0.25) is 6.39 Å². The first-order valence-corrected chi connectivity index (χ1v) is 5.18. The molecule has 0 aliphatic rings. The highest BCUT2D eigenvalue weighted by Crippen LogP contribution is 2.02. The zero-order valence-corrected chi connectivity index (χ0v) is 9.45. The van der Waals surface area contributed by atoms with Crippen molar-refractivity contribution >= 4 is 5.84 Å². The predicted molar refractivity (Wildman–Crippen MR) is 61.6 cm³/mol. The van der Waals surface area contributed by atoms with Crippen LogP contribution in [-0.2, 0) is 13.1 Å². The van der Waals surface area contributed by atoms with Gasteiger partial charge >= 0.3 is 0 Å². The summed E-state index contributed by atoms with van der Waals surface area (Å²) in [5.41, 5.74) is 6.83. The maximum atomic E-state index is 8.56. The molecule has 0 unspecified atom stereocenters. The van der Waals surface area contributed by atoms with Crippen LogP contribution >= 0.6 is 0 Å². The molecule has 0 aliphatic heterocycles. The van der Waals surface area contributed by atoms with Crippen LogP contribution in [0.25, 0.3) is 0 Å². The lowest BCUT2D eigenvalue weighted by Crippen LogP contribution is -2.17. The number of hydrogen-bond donors (Lipinski definition) is 3. The quantitative estimate of drug-likeness (QED) is 0.291. The number of nitrogens with two attached hydrogens (primary N) is 1. The summed E-state index contributed by atoms with van der Waals surface area (Å²) >= 11 is 0. The molecule has 0 spiro atoms. The molecule has 2 aromatic rings. The van der Waals surface area contributed by atoms with Crippen molar-refractivity contribution in [3.8, 4) is 0 Å². The molecule has 94 valence electrons. The molecule has 8 heteroatoms. The van der Waals surface area contributed by atoms with E-state index in [1.807, 2.05) is 6.07 Å². The minimum atomic E-state index is -0.0185. The van der Waals surface area contributed by atoms with E-state index in [1.54, 1.807) is 12.3 Å². The highest BCUT2D eigenvalue weighted by molar-refractivity contribution is 5.95. The minimum absolute atomic E-state index is 0.0185. The highest BCUT2D eigenvalue weighted by atomic mass is 16.5. The number of nitrogens with zero attached hydrogens (tertiary/aromatic N) is 4. The van der Waals surface area contributed by atoms with E-state index in [0.29, 0.717) is 24.6 Å². The van der Waals surface area contributed by atoms with Crippen LogP contribution in [0.1, 0.15) is 17.1 Å². The van der Waals surface area contributed by atoms with Crippen LogP contribution in [0.15, 0.2) is 34.4 Å². The Bertz CT molecular complexity index is 525. The van der Waals surface area contributed by atoms with Crippen LogP contribution in [0.5, 0.6) is 0 Å². The molecule has 4 N–H and O–H groups in total. The van der Waals surface area contributed by atoms with Gasteiger partial charge in [0.25, 0.3) is 0 Å². The number of pyridine rings is 1. The van der Waals surface area contributed by atoms with E-state index in [-0.39, 0.29) is 5.84 Å². The molecule has 2 heterocycles. The first-order valence-electron chi connectivity index (χ1n) is 5.18. The molecule has 0 saturated carbocycles. The van der Waals surface area contributed by atoms with E-state index < -0.39 is 0 Å². The Morgan fingerprint density at radius 3 is 3.06 bits per heavy atom. The summed E-state index contributed by atoms with van der Waals surface area (Å²) in [5, 5.41) is 18.3.